The second-order valence-electron chi connectivity index (χ2n) is 9.28. The number of amides is 1. The number of nitrogens with one attached hydrogen (secondary N) is 1. The third kappa shape index (κ3) is 8.98. The molecule has 1 amide bonds. The van der Waals surface area contributed by atoms with Crippen LogP contribution in [0.5, 0.6) is 11.5 Å². The fourth-order valence-corrected chi connectivity index (χ4v) is 3.32. The van der Waals surface area contributed by atoms with Crippen LogP contribution < -0.4 is 14.8 Å². The summed E-state index contributed by atoms with van der Waals surface area (Å²) in [7, 11) is 1.63. The SMILES string of the molecule is COc1ccc(COc2ccc(C[C@H](NC(=O)OC(C)(C)C)C(=O)OCc3ccccc3)cc2)cc1. The van der Waals surface area contributed by atoms with Gasteiger partial charge in [0, 0.05) is 6.42 Å². The number of alkyl carbamates (subject to hydrolysis) is 1. The Hall–Kier alpha value is -4.00. The van der Waals surface area contributed by atoms with Crippen molar-refractivity contribution in [3.63, 3.8) is 0 Å². The van der Waals surface area contributed by atoms with E-state index in [9.17, 15) is 9.59 Å². The molecule has 0 fully saturated rings. The van der Waals surface area contributed by atoms with Crippen molar-refractivity contribution in [2.75, 3.05) is 7.11 Å². The number of hydrogen-bond donors (Lipinski definition) is 1. The Bertz CT molecular complexity index is 1110. The fourth-order valence-electron chi connectivity index (χ4n) is 3.32. The maximum Gasteiger partial charge on any atom is 0.408 e. The summed E-state index contributed by atoms with van der Waals surface area (Å²) in [5, 5.41) is 2.65. The summed E-state index contributed by atoms with van der Waals surface area (Å²) in [4.78, 5) is 25.3. The van der Waals surface area contributed by atoms with Gasteiger partial charge in [-0.1, -0.05) is 54.6 Å². The minimum Gasteiger partial charge on any atom is -0.497 e. The Morgan fingerprint density at radius 1 is 0.778 bits per heavy atom. The van der Waals surface area contributed by atoms with Crippen molar-refractivity contribution < 1.29 is 28.5 Å². The Balaban J connectivity index is 1.62. The number of carbonyl (C=O) groups excluding carboxylic acids is 2. The first-order valence-electron chi connectivity index (χ1n) is 11.8. The van der Waals surface area contributed by atoms with E-state index in [-0.39, 0.29) is 13.0 Å². The molecule has 0 radical (unpaired) electrons. The Morgan fingerprint density at radius 3 is 1.97 bits per heavy atom. The van der Waals surface area contributed by atoms with Crippen molar-refractivity contribution in [2.45, 2.75) is 52.0 Å². The molecule has 1 atom stereocenters. The molecule has 0 saturated heterocycles. The normalized spacial score (nSPS) is 11.8. The van der Waals surface area contributed by atoms with Crippen LogP contribution in [0.25, 0.3) is 0 Å². The highest BCUT2D eigenvalue weighted by Crippen LogP contribution is 2.18. The lowest BCUT2D eigenvalue weighted by molar-refractivity contribution is -0.147. The lowest BCUT2D eigenvalue weighted by atomic mass is 10.1. The van der Waals surface area contributed by atoms with Gasteiger partial charge in [-0.05, 0) is 61.7 Å². The molecule has 7 heteroatoms. The molecule has 0 aromatic heterocycles. The lowest BCUT2D eigenvalue weighted by Crippen LogP contribution is -2.45. The summed E-state index contributed by atoms with van der Waals surface area (Å²) < 4.78 is 21.8. The maximum absolute atomic E-state index is 12.9. The zero-order valence-electron chi connectivity index (χ0n) is 21.2. The first-order chi connectivity index (χ1) is 17.2. The summed E-state index contributed by atoms with van der Waals surface area (Å²) in [6.45, 7) is 5.82. The van der Waals surface area contributed by atoms with Gasteiger partial charge in [-0.2, -0.15) is 0 Å². The quantitative estimate of drug-likeness (QED) is 0.380. The predicted octanol–water partition coefficient (Wildman–Crippen LogP) is 5.45. The van der Waals surface area contributed by atoms with Gasteiger partial charge >= 0.3 is 12.1 Å². The molecule has 0 saturated carbocycles. The van der Waals surface area contributed by atoms with Crippen molar-refractivity contribution in [1.82, 2.24) is 5.32 Å². The van der Waals surface area contributed by atoms with Gasteiger partial charge in [0.2, 0.25) is 0 Å². The molecule has 3 aromatic carbocycles. The van der Waals surface area contributed by atoms with E-state index in [0.29, 0.717) is 12.4 Å². The smallest absolute Gasteiger partial charge is 0.408 e. The molecule has 0 spiro atoms. The van der Waals surface area contributed by atoms with Crippen LogP contribution in [-0.2, 0) is 33.9 Å². The Labute approximate surface area is 212 Å². The van der Waals surface area contributed by atoms with E-state index in [1.54, 1.807) is 27.9 Å². The highest BCUT2D eigenvalue weighted by Gasteiger charge is 2.26. The van der Waals surface area contributed by atoms with Crippen molar-refractivity contribution in [3.8, 4) is 11.5 Å². The summed E-state index contributed by atoms with van der Waals surface area (Å²) >= 11 is 0. The van der Waals surface area contributed by atoms with Crippen LogP contribution >= 0.6 is 0 Å². The van der Waals surface area contributed by atoms with E-state index < -0.39 is 23.7 Å². The molecule has 0 aliphatic heterocycles. The van der Waals surface area contributed by atoms with Crippen LogP contribution in [-0.4, -0.2) is 30.8 Å². The van der Waals surface area contributed by atoms with Crippen LogP contribution in [0.4, 0.5) is 4.79 Å². The minimum absolute atomic E-state index is 0.115. The van der Waals surface area contributed by atoms with Gasteiger partial charge in [-0.25, -0.2) is 9.59 Å². The summed E-state index contributed by atoms with van der Waals surface area (Å²) in [6.07, 6.45) is -0.436. The molecular weight excluding hydrogens is 458 g/mol. The topological polar surface area (TPSA) is 83.1 Å². The molecule has 0 unspecified atom stereocenters. The van der Waals surface area contributed by atoms with Crippen LogP contribution in [0, 0.1) is 0 Å². The molecule has 3 aromatic rings. The van der Waals surface area contributed by atoms with E-state index in [0.717, 1.165) is 22.4 Å². The molecular formula is C29H33NO6. The largest absolute Gasteiger partial charge is 0.497 e. The first-order valence-corrected chi connectivity index (χ1v) is 11.8. The Kier molecular flexibility index (Phi) is 9.33. The van der Waals surface area contributed by atoms with Crippen LogP contribution in [0.3, 0.4) is 0 Å². The van der Waals surface area contributed by atoms with Gasteiger partial charge < -0.3 is 24.3 Å². The summed E-state index contributed by atoms with van der Waals surface area (Å²) in [6, 6.07) is 23.5. The molecule has 0 aliphatic rings. The fraction of sp³-hybridized carbons (Fsp3) is 0.310. The molecule has 0 heterocycles. The summed E-state index contributed by atoms with van der Waals surface area (Å²) in [5.74, 6) is 0.947. The third-order valence-corrected chi connectivity index (χ3v) is 5.13. The first kappa shape index (κ1) is 26.6. The maximum atomic E-state index is 12.9. The highest BCUT2D eigenvalue weighted by atomic mass is 16.6. The molecule has 3 rings (SSSR count). The van der Waals surface area contributed by atoms with E-state index in [2.05, 4.69) is 5.32 Å². The van der Waals surface area contributed by atoms with Gasteiger partial charge in [0.05, 0.1) is 7.11 Å². The van der Waals surface area contributed by atoms with Crippen molar-refractivity contribution in [3.05, 3.63) is 95.6 Å². The Morgan fingerprint density at radius 2 is 1.36 bits per heavy atom. The van der Waals surface area contributed by atoms with E-state index in [1.807, 2.05) is 78.9 Å². The standard InChI is InChI=1S/C29H33NO6/c1-29(2,3)36-28(32)30-26(27(31)35-20-22-8-6-5-7-9-22)18-21-10-16-25(17-11-21)34-19-23-12-14-24(33-4)15-13-23/h5-17,26H,18-20H2,1-4H3,(H,30,32)/t26-/m0/s1. The van der Waals surface area contributed by atoms with Crippen molar-refractivity contribution >= 4 is 12.1 Å². The number of methoxy groups -OCH3 is 1. The zero-order chi connectivity index (χ0) is 26.0. The molecule has 0 bridgehead atoms. The number of benzene rings is 3. The lowest BCUT2D eigenvalue weighted by Gasteiger charge is -2.23. The second-order valence-corrected chi connectivity index (χ2v) is 9.28. The van der Waals surface area contributed by atoms with Gasteiger partial charge in [-0.15, -0.1) is 0 Å². The van der Waals surface area contributed by atoms with E-state index in [1.165, 1.54) is 0 Å². The zero-order valence-corrected chi connectivity index (χ0v) is 21.2. The molecule has 190 valence electrons. The van der Waals surface area contributed by atoms with Crippen LogP contribution in [0.15, 0.2) is 78.9 Å². The molecule has 36 heavy (non-hydrogen) atoms. The number of carbonyl (C=O) groups is 2. The minimum atomic E-state index is -0.908. The second kappa shape index (κ2) is 12.6. The van der Waals surface area contributed by atoms with Crippen LogP contribution in [0.1, 0.15) is 37.5 Å². The van der Waals surface area contributed by atoms with Gasteiger partial charge in [0.15, 0.2) is 0 Å². The van der Waals surface area contributed by atoms with E-state index in [4.69, 9.17) is 18.9 Å². The number of ether oxygens (including phenoxy) is 4. The van der Waals surface area contributed by atoms with Gasteiger partial charge in [0.25, 0.3) is 0 Å². The van der Waals surface area contributed by atoms with Crippen LogP contribution in [0.2, 0.25) is 0 Å². The summed E-state index contributed by atoms with van der Waals surface area (Å²) in [5.41, 5.74) is 2.03. The number of hydrogen-bond acceptors (Lipinski definition) is 6. The number of rotatable bonds is 10. The van der Waals surface area contributed by atoms with Crippen molar-refractivity contribution in [1.29, 1.82) is 0 Å². The monoisotopic (exact) mass is 491 g/mol. The van der Waals surface area contributed by atoms with E-state index >= 15 is 0 Å². The van der Waals surface area contributed by atoms with Gasteiger partial charge in [-0.3, -0.25) is 0 Å². The third-order valence-electron chi connectivity index (χ3n) is 5.13. The predicted molar refractivity (Wildman–Crippen MR) is 137 cm³/mol. The average molecular weight is 492 g/mol. The molecule has 1 N–H and O–H groups in total. The molecule has 7 nitrogen and oxygen atoms in total. The number of esters is 1. The average Bonchev–Trinajstić information content (AvgIpc) is 2.86. The van der Waals surface area contributed by atoms with Crippen molar-refractivity contribution in [2.24, 2.45) is 0 Å². The molecule has 0 aliphatic carbocycles. The highest BCUT2D eigenvalue weighted by molar-refractivity contribution is 5.81. The van der Waals surface area contributed by atoms with Gasteiger partial charge in [0.1, 0.15) is 36.4 Å².